The Morgan fingerprint density at radius 1 is 1.15 bits per heavy atom. The van der Waals surface area contributed by atoms with Gasteiger partial charge in [0.15, 0.2) is 11.6 Å². The average Bonchev–Trinajstić information content (AvgIpc) is 2.70. The van der Waals surface area contributed by atoms with Gasteiger partial charge in [0.1, 0.15) is 6.04 Å². The van der Waals surface area contributed by atoms with Crippen molar-refractivity contribution in [2.45, 2.75) is 25.0 Å². The predicted molar refractivity (Wildman–Crippen MR) is 97.5 cm³/mol. The molecular formula is C21H21FN2O3. The summed E-state index contributed by atoms with van der Waals surface area (Å²) < 4.78 is 24.7. The number of hydrogen-bond donors (Lipinski definition) is 0. The van der Waals surface area contributed by atoms with Crippen LogP contribution in [0.1, 0.15) is 30.0 Å². The van der Waals surface area contributed by atoms with E-state index >= 15 is 0 Å². The van der Waals surface area contributed by atoms with Gasteiger partial charge in [-0.3, -0.25) is 4.79 Å². The Morgan fingerprint density at radius 2 is 1.89 bits per heavy atom. The Kier molecular flexibility index (Phi) is 6.05. The summed E-state index contributed by atoms with van der Waals surface area (Å²) in [5.41, 5.74) is 1.41. The molecule has 2 atom stereocenters. The summed E-state index contributed by atoms with van der Waals surface area (Å²) in [7, 11) is 1.65. The lowest BCUT2D eigenvalue weighted by molar-refractivity contribution is -0.164. The standard InChI is InChI=1S/C21H21FN2O3/c1-26-13-5-4-12-24-19(16-10-8-15(14-23)9-11-16)20(21(24)25)27-18-7-3-2-6-17(18)22/h2-3,6-11,19-20H,4-5,12-13H2,1H3/t19-,20+/m1/s1. The normalized spacial score (nSPS) is 18.7. The summed E-state index contributed by atoms with van der Waals surface area (Å²) >= 11 is 0. The van der Waals surface area contributed by atoms with Crippen molar-refractivity contribution in [1.29, 1.82) is 5.26 Å². The molecule has 0 spiro atoms. The van der Waals surface area contributed by atoms with Gasteiger partial charge < -0.3 is 14.4 Å². The number of benzene rings is 2. The molecule has 1 aliphatic heterocycles. The summed E-state index contributed by atoms with van der Waals surface area (Å²) in [5.74, 6) is -0.596. The molecule has 5 nitrogen and oxygen atoms in total. The molecule has 0 aliphatic carbocycles. The van der Waals surface area contributed by atoms with Crippen molar-refractivity contribution in [3.63, 3.8) is 0 Å². The highest BCUT2D eigenvalue weighted by Gasteiger charge is 2.49. The molecule has 3 rings (SSSR count). The molecule has 2 aromatic carbocycles. The lowest BCUT2D eigenvalue weighted by Crippen LogP contribution is -2.61. The van der Waals surface area contributed by atoms with Crippen LogP contribution in [0.3, 0.4) is 0 Å². The van der Waals surface area contributed by atoms with Gasteiger partial charge in [0.25, 0.3) is 5.91 Å². The third kappa shape index (κ3) is 4.09. The van der Waals surface area contributed by atoms with Crippen LogP contribution in [0.15, 0.2) is 48.5 Å². The van der Waals surface area contributed by atoms with Crippen LogP contribution >= 0.6 is 0 Å². The van der Waals surface area contributed by atoms with Gasteiger partial charge in [0.2, 0.25) is 6.10 Å². The molecule has 0 bridgehead atoms. The van der Waals surface area contributed by atoms with Gasteiger partial charge in [-0.25, -0.2) is 4.39 Å². The monoisotopic (exact) mass is 368 g/mol. The predicted octanol–water partition coefficient (Wildman–Crippen LogP) is 3.45. The number of likely N-dealkylation sites (tertiary alicyclic amines) is 1. The van der Waals surface area contributed by atoms with Crippen molar-refractivity contribution >= 4 is 5.91 Å². The number of halogens is 1. The van der Waals surface area contributed by atoms with Crippen LogP contribution in [0.5, 0.6) is 5.75 Å². The number of nitriles is 1. The lowest BCUT2D eigenvalue weighted by Gasteiger charge is -2.47. The highest BCUT2D eigenvalue weighted by Crippen LogP contribution is 2.38. The molecule has 1 aliphatic rings. The van der Waals surface area contributed by atoms with Crippen LogP contribution in [0.2, 0.25) is 0 Å². The van der Waals surface area contributed by atoms with Crippen LogP contribution in [0.4, 0.5) is 4.39 Å². The highest BCUT2D eigenvalue weighted by atomic mass is 19.1. The van der Waals surface area contributed by atoms with E-state index in [-0.39, 0.29) is 17.7 Å². The van der Waals surface area contributed by atoms with Crippen LogP contribution in [-0.4, -0.2) is 37.2 Å². The van der Waals surface area contributed by atoms with E-state index in [4.69, 9.17) is 14.7 Å². The quantitative estimate of drug-likeness (QED) is 0.529. The van der Waals surface area contributed by atoms with Crippen LogP contribution in [-0.2, 0) is 9.53 Å². The molecule has 0 unspecified atom stereocenters. The summed E-state index contributed by atoms with van der Waals surface area (Å²) in [4.78, 5) is 14.4. The number of methoxy groups -OCH3 is 1. The first-order valence-corrected chi connectivity index (χ1v) is 8.86. The highest BCUT2D eigenvalue weighted by molar-refractivity contribution is 5.89. The fraction of sp³-hybridized carbons (Fsp3) is 0.333. The number of para-hydroxylation sites is 1. The molecule has 0 radical (unpaired) electrons. The smallest absolute Gasteiger partial charge is 0.266 e. The Hall–Kier alpha value is -2.91. The molecule has 0 N–H and O–H groups in total. The molecule has 1 fully saturated rings. The van der Waals surface area contributed by atoms with Crippen molar-refractivity contribution in [3.05, 3.63) is 65.5 Å². The topological polar surface area (TPSA) is 62.6 Å². The SMILES string of the molecule is COCCCCN1C(=O)[C@@H](Oc2ccccc2F)[C@H]1c1ccc(C#N)cc1. The molecule has 0 saturated carbocycles. The number of nitrogens with zero attached hydrogens (tertiary/aromatic N) is 2. The summed E-state index contributed by atoms with van der Waals surface area (Å²) in [6.45, 7) is 1.21. The van der Waals surface area contributed by atoms with E-state index in [0.29, 0.717) is 18.7 Å². The molecule has 2 aromatic rings. The first kappa shape index (κ1) is 18.9. The molecule has 1 saturated heterocycles. The lowest BCUT2D eigenvalue weighted by atomic mass is 9.89. The van der Waals surface area contributed by atoms with Gasteiger partial charge in [0, 0.05) is 20.3 Å². The van der Waals surface area contributed by atoms with Gasteiger partial charge in [-0.1, -0.05) is 24.3 Å². The van der Waals surface area contributed by atoms with Crippen molar-refractivity contribution in [2.24, 2.45) is 0 Å². The van der Waals surface area contributed by atoms with Crippen molar-refractivity contribution < 1.29 is 18.7 Å². The fourth-order valence-corrected chi connectivity index (χ4v) is 3.20. The minimum absolute atomic E-state index is 0.0635. The van der Waals surface area contributed by atoms with Crippen LogP contribution in [0, 0.1) is 17.1 Å². The second-order valence-corrected chi connectivity index (χ2v) is 6.38. The second-order valence-electron chi connectivity index (χ2n) is 6.38. The number of β-lactam (4-membered cyclic amide) rings is 1. The maximum absolute atomic E-state index is 14.0. The van der Waals surface area contributed by atoms with E-state index in [1.165, 1.54) is 12.1 Å². The van der Waals surface area contributed by atoms with E-state index < -0.39 is 11.9 Å². The first-order chi connectivity index (χ1) is 13.2. The van der Waals surface area contributed by atoms with Gasteiger partial charge >= 0.3 is 0 Å². The van der Waals surface area contributed by atoms with Gasteiger partial charge in [-0.15, -0.1) is 0 Å². The second kappa shape index (κ2) is 8.65. The molecule has 6 heteroatoms. The molecular weight excluding hydrogens is 347 g/mol. The van der Waals surface area contributed by atoms with Crippen LogP contribution < -0.4 is 4.74 Å². The van der Waals surface area contributed by atoms with E-state index in [9.17, 15) is 9.18 Å². The maximum Gasteiger partial charge on any atom is 0.266 e. The van der Waals surface area contributed by atoms with E-state index in [2.05, 4.69) is 6.07 Å². The van der Waals surface area contributed by atoms with Crippen LogP contribution in [0.25, 0.3) is 0 Å². The summed E-state index contributed by atoms with van der Waals surface area (Å²) in [6, 6.07) is 14.9. The molecule has 27 heavy (non-hydrogen) atoms. The van der Waals surface area contributed by atoms with Crippen molar-refractivity contribution in [2.75, 3.05) is 20.3 Å². The first-order valence-electron chi connectivity index (χ1n) is 8.86. The number of amides is 1. The zero-order valence-corrected chi connectivity index (χ0v) is 15.1. The van der Waals surface area contributed by atoms with Crippen molar-refractivity contribution in [3.8, 4) is 11.8 Å². The number of hydrogen-bond acceptors (Lipinski definition) is 4. The Labute approximate surface area is 157 Å². The fourth-order valence-electron chi connectivity index (χ4n) is 3.20. The Balaban J connectivity index is 1.79. The summed E-state index contributed by atoms with van der Waals surface area (Å²) in [5, 5.41) is 8.98. The van der Waals surface area contributed by atoms with Gasteiger partial charge in [0.05, 0.1) is 11.6 Å². The number of rotatable bonds is 8. The molecule has 140 valence electrons. The molecule has 0 aromatic heterocycles. The number of carbonyl (C=O) groups excluding carboxylic acids is 1. The van der Waals surface area contributed by atoms with E-state index in [1.807, 2.05) is 12.1 Å². The molecule has 1 amide bonds. The minimum atomic E-state index is -0.780. The largest absolute Gasteiger partial charge is 0.475 e. The Bertz CT molecular complexity index is 832. The van der Waals surface area contributed by atoms with Gasteiger partial charge in [-0.05, 0) is 42.7 Å². The molecule has 1 heterocycles. The average molecular weight is 368 g/mol. The zero-order chi connectivity index (χ0) is 19.2. The van der Waals surface area contributed by atoms with Gasteiger partial charge in [-0.2, -0.15) is 5.26 Å². The number of unbranched alkanes of at least 4 members (excludes halogenated alkanes) is 1. The third-order valence-electron chi connectivity index (χ3n) is 4.62. The third-order valence-corrected chi connectivity index (χ3v) is 4.62. The van der Waals surface area contributed by atoms with E-state index in [0.717, 1.165) is 18.4 Å². The van der Waals surface area contributed by atoms with E-state index in [1.54, 1.807) is 36.3 Å². The summed E-state index contributed by atoms with van der Waals surface area (Å²) in [6.07, 6.45) is 0.870. The number of ether oxygens (including phenoxy) is 2. The number of carbonyl (C=O) groups is 1. The zero-order valence-electron chi connectivity index (χ0n) is 15.1. The minimum Gasteiger partial charge on any atom is -0.475 e. The van der Waals surface area contributed by atoms with Crippen molar-refractivity contribution in [1.82, 2.24) is 4.90 Å². The maximum atomic E-state index is 14.0. The Morgan fingerprint density at radius 3 is 2.56 bits per heavy atom.